The Balaban J connectivity index is 3.60. The first-order valence-electron chi connectivity index (χ1n) is 5.78. The summed E-state index contributed by atoms with van der Waals surface area (Å²) in [4.78, 5) is 0. The molecule has 0 amide bonds. The van der Waals surface area contributed by atoms with Crippen molar-refractivity contribution in [2.24, 2.45) is 0 Å². The highest BCUT2D eigenvalue weighted by Crippen LogP contribution is 2.18. The summed E-state index contributed by atoms with van der Waals surface area (Å²) in [7, 11) is 3.85. The van der Waals surface area contributed by atoms with E-state index in [4.69, 9.17) is 4.74 Å². The van der Waals surface area contributed by atoms with Crippen LogP contribution in [0.2, 0.25) is 0 Å². The molecule has 0 aliphatic heterocycles. The van der Waals surface area contributed by atoms with Crippen LogP contribution < -0.4 is 5.32 Å². The summed E-state index contributed by atoms with van der Waals surface area (Å²) < 4.78 is 5.39. The van der Waals surface area contributed by atoms with E-state index in [1.165, 1.54) is 25.7 Å². The Hall–Kier alpha value is -0.0800. The van der Waals surface area contributed by atoms with Crippen molar-refractivity contribution in [2.75, 3.05) is 14.2 Å². The molecular formula is C12H27NO. The normalized spacial score (nSPS) is 14.4. The largest absolute Gasteiger partial charge is 0.379 e. The van der Waals surface area contributed by atoms with Crippen molar-refractivity contribution in [2.45, 2.75) is 64.5 Å². The molecule has 2 heteroatoms. The van der Waals surface area contributed by atoms with Crippen LogP contribution in [0.25, 0.3) is 0 Å². The number of nitrogens with one attached hydrogen (secondary N) is 1. The lowest BCUT2D eigenvalue weighted by molar-refractivity contribution is 0.0130. The lowest BCUT2D eigenvalue weighted by Crippen LogP contribution is -2.27. The van der Waals surface area contributed by atoms with Gasteiger partial charge in [0.2, 0.25) is 0 Å². The smallest absolute Gasteiger partial charge is 0.0622 e. The van der Waals surface area contributed by atoms with E-state index in [1.54, 1.807) is 7.11 Å². The fourth-order valence-corrected chi connectivity index (χ4v) is 1.66. The van der Waals surface area contributed by atoms with Crippen LogP contribution in [-0.4, -0.2) is 25.8 Å². The molecule has 0 aliphatic carbocycles. The maximum absolute atomic E-state index is 5.39. The number of hydrogen-bond donors (Lipinski definition) is 1. The highest BCUT2D eigenvalue weighted by atomic mass is 16.5. The first-order valence-corrected chi connectivity index (χ1v) is 5.78. The summed E-state index contributed by atoms with van der Waals surface area (Å²) >= 11 is 0. The molecule has 0 aromatic heterocycles. The Kier molecular flexibility index (Phi) is 7.20. The lowest BCUT2D eigenvalue weighted by atomic mass is 9.97. The molecule has 0 aliphatic rings. The van der Waals surface area contributed by atoms with Crippen molar-refractivity contribution in [1.29, 1.82) is 0 Å². The second kappa shape index (κ2) is 7.24. The quantitative estimate of drug-likeness (QED) is 0.652. The van der Waals surface area contributed by atoms with Gasteiger partial charge in [-0.15, -0.1) is 0 Å². The summed E-state index contributed by atoms with van der Waals surface area (Å²) in [5.41, 5.74) is 0.0461. The van der Waals surface area contributed by atoms with Crippen molar-refractivity contribution >= 4 is 0 Å². The van der Waals surface area contributed by atoms with Crippen molar-refractivity contribution in [3.8, 4) is 0 Å². The first kappa shape index (κ1) is 13.9. The molecule has 0 aromatic carbocycles. The molecular weight excluding hydrogens is 174 g/mol. The SMILES string of the molecule is CCCC(CCCC(C)(C)OC)NC. The molecule has 0 radical (unpaired) electrons. The van der Waals surface area contributed by atoms with Crippen molar-refractivity contribution in [1.82, 2.24) is 5.32 Å². The van der Waals surface area contributed by atoms with Gasteiger partial charge >= 0.3 is 0 Å². The van der Waals surface area contributed by atoms with Crippen LogP contribution >= 0.6 is 0 Å². The van der Waals surface area contributed by atoms with Crippen molar-refractivity contribution in [3.63, 3.8) is 0 Å². The van der Waals surface area contributed by atoms with E-state index in [0.717, 1.165) is 6.42 Å². The van der Waals surface area contributed by atoms with E-state index in [2.05, 4.69) is 33.1 Å². The zero-order chi connectivity index (χ0) is 11.0. The maximum Gasteiger partial charge on any atom is 0.0622 e. The second-order valence-corrected chi connectivity index (χ2v) is 4.63. The third kappa shape index (κ3) is 6.39. The molecule has 0 bridgehead atoms. The van der Waals surface area contributed by atoms with E-state index in [9.17, 15) is 0 Å². The molecule has 0 spiro atoms. The minimum atomic E-state index is 0.0461. The molecule has 0 saturated heterocycles. The van der Waals surface area contributed by atoms with E-state index >= 15 is 0 Å². The monoisotopic (exact) mass is 201 g/mol. The van der Waals surface area contributed by atoms with Gasteiger partial charge in [0.05, 0.1) is 5.60 Å². The van der Waals surface area contributed by atoms with Crippen LogP contribution in [0, 0.1) is 0 Å². The van der Waals surface area contributed by atoms with E-state index in [-0.39, 0.29) is 5.60 Å². The molecule has 2 nitrogen and oxygen atoms in total. The summed E-state index contributed by atoms with van der Waals surface area (Å²) in [5, 5.41) is 3.37. The van der Waals surface area contributed by atoms with E-state index in [1.807, 2.05) is 0 Å². The number of hydrogen-bond acceptors (Lipinski definition) is 2. The second-order valence-electron chi connectivity index (χ2n) is 4.63. The van der Waals surface area contributed by atoms with Gasteiger partial charge in [0.15, 0.2) is 0 Å². The fraction of sp³-hybridized carbons (Fsp3) is 1.00. The first-order chi connectivity index (χ1) is 6.55. The van der Waals surface area contributed by atoms with Gasteiger partial charge in [0.1, 0.15) is 0 Å². The number of rotatable bonds is 8. The number of ether oxygens (including phenoxy) is 1. The van der Waals surface area contributed by atoms with Gasteiger partial charge in [0.25, 0.3) is 0 Å². The van der Waals surface area contributed by atoms with Gasteiger partial charge in [-0.25, -0.2) is 0 Å². The van der Waals surface area contributed by atoms with Gasteiger partial charge in [0, 0.05) is 13.2 Å². The molecule has 1 atom stereocenters. The van der Waals surface area contributed by atoms with Crippen molar-refractivity contribution in [3.05, 3.63) is 0 Å². The summed E-state index contributed by atoms with van der Waals surface area (Å²) in [6.45, 7) is 6.55. The Morgan fingerprint density at radius 3 is 2.36 bits per heavy atom. The molecule has 0 aromatic rings. The average Bonchev–Trinajstić information content (AvgIpc) is 2.16. The molecule has 0 fully saturated rings. The van der Waals surface area contributed by atoms with Crippen LogP contribution in [0.15, 0.2) is 0 Å². The zero-order valence-corrected chi connectivity index (χ0v) is 10.5. The summed E-state index contributed by atoms with van der Waals surface area (Å²) in [6.07, 6.45) is 6.19. The van der Waals surface area contributed by atoms with Gasteiger partial charge in [-0.1, -0.05) is 13.3 Å². The molecule has 14 heavy (non-hydrogen) atoms. The molecule has 86 valence electrons. The van der Waals surface area contributed by atoms with Crippen LogP contribution in [0.1, 0.15) is 52.9 Å². The highest BCUT2D eigenvalue weighted by Gasteiger charge is 2.16. The van der Waals surface area contributed by atoms with Crippen LogP contribution in [0.5, 0.6) is 0 Å². The molecule has 0 heterocycles. The average molecular weight is 201 g/mol. The van der Waals surface area contributed by atoms with Crippen molar-refractivity contribution < 1.29 is 4.74 Å². The third-order valence-electron chi connectivity index (χ3n) is 2.93. The molecule has 0 rings (SSSR count). The van der Waals surface area contributed by atoms with Gasteiger partial charge in [-0.3, -0.25) is 0 Å². The van der Waals surface area contributed by atoms with E-state index in [0.29, 0.717) is 6.04 Å². The van der Waals surface area contributed by atoms with E-state index < -0.39 is 0 Å². The standard InChI is InChI=1S/C12H27NO/c1-6-8-11(13-4)9-7-10-12(2,3)14-5/h11,13H,6-10H2,1-5H3. The highest BCUT2D eigenvalue weighted by molar-refractivity contribution is 4.70. The predicted molar refractivity (Wildman–Crippen MR) is 62.7 cm³/mol. The summed E-state index contributed by atoms with van der Waals surface area (Å²) in [5.74, 6) is 0. The fourth-order valence-electron chi connectivity index (χ4n) is 1.66. The molecule has 0 saturated carbocycles. The molecule has 1 N–H and O–H groups in total. The Morgan fingerprint density at radius 1 is 1.29 bits per heavy atom. The van der Waals surface area contributed by atoms with Crippen LogP contribution in [0.4, 0.5) is 0 Å². The zero-order valence-electron chi connectivity index (χ0n) is 10.5. The topological polar surface area (TPSA) is 21.3 Å². The minimum absolute atomic E-state index is 0.0461. The summed E-state index contributed by atoms with van der Waals surface area (Å²) in [6, 6.07) is 0.688. The Labute approximate surface area is 89.4 Å². The maximum atomic E-state index is 5.39. The minimum Gasteiger partial charge on any atom is -0.379 e. The number of methoxy groups -OCH3 is 1. The van der Waals surface area contributed by atoms with Gasteiger partial charge < -0.3 is 10.1 Å². The van der Waals surface area contributed by atoms with Gasteiger partial charge in [-0.2, -0.15) is 0 Å². The third-order valence-corrected chi connectivity index (χ3v) is 2.93. The lowest BCUT2D eigenvalue weighted by Gasteiger charge is -2.24. The van der Waals surface area contributed by atoms with Crippen LogP contribution in [0.3, 0.4) is 0 Å². The van der Waals surface area contributed by atoms with Gasteiger partial charge in [-0.05, 0) is 46.6 Å². The predicted octanol–water partition coefficient (Wildman–Crippen LogP) is 2.97. The molecule has 1 unspecified atom stereocenters. The van der Waals surface area contributed by atoms with Crippen LogP contribution in [-0.2, 0) is 4.74 Å². The Bertz CT molecular complexity index is 134. The Morgan fingerprint density at radius 2 is 1.93 bits per heavy atom.